The minimum atomic E-state index is -0.219. The van der Waals surface area contributed by atoms with Crippen molar-refractivity contribution in [3.05, 3.63) is 54.1 Å². The Bertz CT molecular complexity index is 473. The number of nitrogens with one attached hydrogen (secondary N) is 1. The molecule has 1 aromatic carbocycles. The van der Waals surface area contributed by atoms with Gasteiger partial charge in [-0.2, -0.15) is 0 Å². The van der Waals surface area contributed by atoms with Crippen LogP contribution in [0.5, 0.6) is 0 Å². The van der Waals surface area contributed by atoms with Crippen molar-refractivity contribution in [3.8, 4) is 0 Å². The Balaban J connectivity index is 2.71. The van der Waals surface area contributed by atoms with Gasteiger partial charge in [0.2, 0.25) is 5.91 Å². The van der Waals surface area contributed by atoms with Crippen molar-refractivity contribution in [2.75, 3.05) is 5.32 Å². The number of carbonyl (C=O) groups excluding carboxylic acids is 2. The number of carbonyl (C=O) groups is 2. The summed E-state index contributed by atoms with van der Waals surface area (Å²) in [4.78, 5) is 22.6. The van der Waals surface area contributed by atoms with Gasteiger partial charge < -0.3 is 5.32 Å². The van der Waals surface area contributed by atoms with Crippen molar-refractivity contribution in [1.29, 1.82) is 0 Å². The fourth-order valence-electron chi connectivity index (χ4n) is 1.25. The molecule has 0 saturated carbocycles. The zero-order valence-corrected chi connectivity index (χ0v) is 9.94. The first kappa shape index (κ1) is 12.9. The molecule has 3 heteroatoms. The molecule has 1 rings (SSSR count). The number of amides is 1. The summed E-state index contributed by atoms with van der Waals surface area (Å²) in [5.41, 5.74) is 1.20. The molecule has 0 saturated heterocycles. The van der Waals surface area contributed by atoms with E-state index in [0.717, 1.165) is 0 Å². The van der Waals surface area contributed by atoms with E-state index in [2.05, 4.69) is 5.32 Å². The number of benzene rings is 1. The maximum Gasteiger partial charge on any atom is 0.248 e. The van der Waals surface area contributed by atoms with Gasteiger partial charge in [-0.15, -0.1) is 0 Å². The Morgan fingerprint density at radius 1 is 1.24 bits per heavy atom. The molecule has 88 valence electrons. The Labute approximate surface area is 101 Å². The molecule has 0 radical (unpaired) electrons. The van der Waals surface area contributed by atoms with Gasteiger partial charge >= 0.3 is 0 Å². The maximum absolute atomic E-state index is 11.5. The third-order valence-electron chi connectivity index (χ3n) is 2.09. The smallest absolute Gasteiger partial charge is 0.248 e. The van der Waals surface area contributed by atoms with Crippen LogP contribution in [0.25, 0.3) is 0 Å². The maximum atomic E-state index is 11.5. The molecule has 1 N–H and O–H groups in total. The van der Waals surface area contributed by atoms with Gasteiger partial charge in [-0.1, -0.05) is 30.4 Å². The summed E-state index contributed by atoms with van der Waals surface area (Å²) < 4.78 is 0. The van der Waals surface area contributed by atoms with Gasteiger partial charge in [0.25, 0.3) is 0 Å². The van der Waals surface area contributed by atoms with Crippen LogP contribution in [0.3, 0.4) is 0 Å². The molecule has 0 fully saturated rings. The average molecular weight is 229 g/mol. The Hall–Kier alpha value is -2.16. The molecule has 0 aromatic heterocycles. The molecule has 3 nitrogen and oxygen atoms in total. The van der Waals surface area contributed by atoms with E-state index in [9.17, 15) is 9.59 Å². The van der Waals surface area contributed by atoms with Crippen LogP contribution in [-0.4, -0.2) is 11.7 Å². The summed E-state index contributed by atoms with van der Waals surface area (Å²) >= 11 is 0. The third kappa shape index (κ3) is 4.47. The quantitative estimate of drug-likeness (QED) is 0.490. The monoisotopic (exact) mass is 229 g/mol. The number of allylic oxidation sites excluding steroid dienone is 3. The fraction of sp³-hybridized carbons (Fsp3) is 0.143. The lowest BCUT2D eigenvalue weighted by Crippen LogP contribution is -2.08. The molecule has 0 spiro atoms. The van der Waals surface area contributed by atoms with Crippen LogP contribution in [0.15, 0.2) is 48.6 Å². The molecule has 0 atom stereocenters. The van der Waals surface area contributed by atoms with E-state index in [0.29, 0.717) is 11.3 Å². The van der Waals surface area contributed by atoms with Crippen LogP contribution in [0.4, 0.5) is 5.69 Å². The standard InChI is InChI=1S/C14H15NO2/c1-3-4-5-9-14(17)15-13-8-6-7-12(10-13)11(2)16/h3-10H,1-2H3,(H,15,17). The number of rotatable bonds is 4. The van der Waals surface area contributed by atoms with Gasteiger partial charge in [0.15, 0.2) is 5.78 Å². The van der Waals surface area contributed by atoms with E-state index in [1.807, 2.05) is 13.0 Å². The summed E-state index contributed by atoms with van der Waals surface area (Å²) in [5.74, 6) is -0.241. The Morgan fingerprint density at radius 2 is 2.00 bits per heavy atom. The van der Waals surface area contributed by atoms with Crippen molar-refractivity contribution in [2.24, 2.45) is 0 Å². The average Bonchev–Trinajstić information content (AvgIpc) is 2.29. The Morgan fingerprint density at radius 3 is 2.65 bits per heavy atom. The van der Waals surface area contributed by atoms with Crippen LogP contribution >= 0.6 is 0 Å². The molecule has 1 amide bonds. The van der Waals surface area contributed by atoms with Gasteiger partial charge in [0.1, 0.15) is 0 Å². The van der Waals surface area contributed by atoms with Gasteiger partial charge in [-0.25, -0.2) is 0 Å². The molecule has 1 aromatic rings. The van der Waals surface area contributed by atoms with E-state index >= 15 is 0 Å². The first-order valence-corrected chi connectivity index (χ1v) is 5.35. The number of ketones is 1. The lowest BCUT2D eigenvalue weighted by Gasteiger charge is -2.03. The SMILES string of the molecule is CC=CC=CC(=O)Nc1cccc(C(C)=O)c1. The number of anilines is 1. The van der Waals surface area contributed by atoms with Crippen LogP contribution in [0.2, 0.25) is 0 Å². The number of Topliss-reactive ketones (excluding diaryl/α,β-unsaturated/α-hetero) is 1. The molecule has 0 bridgehead atoms. The van der Waals surface area contributed by atoms with Crippen LogP contribution in [0, 0.1) is 0 Å². The van der Waals surface area contributed by atoms with Crippen molar-refractivity contribution in [1.82, 2.24) is 0 Å². The molecule has 0 aliphatic carbocycles. The molecule has 0 heterocycles. The summed E-state index contributed by atoms with van der Waals surface area (Å²) in [6, 6.07) is 6.85. The van der Waals surface area contributed by atoms with E-state index in [1.165, 1.54) is 13.0 Å². The van der Waals surface area contributed by atoms with E-state index in [-0.39, 0.29) is 11.7 Å². The second kappa shape index (κ2) is 6.43. The molecule has 0 aliphatic heterocycles. The highest BCUT2D eigenvalue weighted by Crippen LogP contribution is 2.11. The lowest BCUT2D eigenvalue weighted by molar-refractivity contribution is -0.111. The summed E-state index contributed by atoms with van der Waals surface area (Å²) in [6.07, 6.45) is 6.69. The van der Waals surface area contributed by atoms with E-state index in [4.69, 9.17) is 0 Å². The predicted molar refractivity (Wildman–Crippen MR) is 69.0 cm³/mol. The van der Waals surface area contributed by atoms with Crippen molar-refractivity contribution in [3.63, 3.8) is 0 Å². The number of hydrogen-bond acceptors (Lipinski definition) is 2. The molecular formula is C14H15NO2. The van der Waals surface area contributed by atoms with Crippen molar-refractivity contribution < 1.29 is 9.59 Å². The highest BCUT2D eigenvalue weighted by atomic mass is 16.1. The van der Waals surface area contributed by atoms with Gasteiger partial charge in [0.05, 0.1) is 0 Å². The van der Waals surface area contributed by atoms with Crippen molar-refractivity contribution in [2.45, 2.75) is 13.8 Å². The zero-order chi connectivity index (χ0) is 12.7. The number of hydrogen-bond donors (Lipinski definition) is 1. The highest BCUT2D eigenvalue weighted by Gasteiger charge is 2.01. The van der Waals surface area contributed by atoms with Gasteiger partial charge in [0, 0.05) is 17.3 Å². The molecule has 0 aliphatic rings. The summed E-state index contributed by atoms with van der Waals surface area (Å²) in [6.45, 7) is 3.37. The lowest BCUT2D eigenvalue weighted by atomic mass is 10.1. The predicted octanol–water partition coefficient (Wildman–Crippen LogP) is 2.96. The van der Waals surface area contributed by atoms with Crippen LogP contribution < -0.4 is 5.32 Å². The second-order valence-corrected chi connectivity index (χ2v) is 3.51. The van der Waals surface area contributed by atoms with Crippen LogP contribution in [0.1, 0.15) is 24.2 Å². The normalized spacial score (nSPS) is 10.9. The van der Waals surface area contributed by atoms with E-state index < -0.39 is 0 Å². The summed E-state index contributed by atoms with van der Waals surface area (Å²) in [5, 5.41) is 2.68. The Kier molecular flexibility index (Phi) is 4.88. The minimum Gasteiger partial charge on any atom is -0.322 e. The second-order valence-electron chi connectivity index (χ2n) is 3.51. The highest BCUT2D eigenvalue weighted by molar-refractivity contribution is 6.01. The summed E-state index contributed by atoms with van der Waals surface area (Å²) in [7, 11) is 0. The van der Waals surface area contributed by atoms with Gasteiger partial charge in [-0.3, -0.25) is 9.59 Å². The van der Waals surface area contributed by atoms with E-state index in [1.54, 1.807) is 36.4 Å². The zero-order valence-electron chi connectivity index (χ0n) is 9.94. The van der Waals surface area contributed by atoms with Gasteiger partial charge in [-0.05, 0) is 26.0 Å². The fourth-order valence-corrected chi connectivity index (χ4v) is 1.25. The third-order valence-corrected chi connectivity index (χ3v) is 2.09. The molecule has 0 unspecified atom stereocenters. The first-order valence-electron chi connectivity index (χ1n) is 5.35. The first-order chi connectivity index (χ1) is 8.13. The molecular weight excluding hydrogens is 214 g/mol. The topological polar surface area (TPSA) is 46.2 Å². The van der Waals surface area contributed by atoms with Crippen molar-refractivity contribution >= 4 is 17.4 Å². The largest absolute Gasteiger partial charge is 0.322 e. The van der Waals surface area contributed by atoms with Crippen LogP contribution in [-0.2, 0) is 4.79 Å². The molecule has 17 heavy (non-hydrogen) atoms. The minimum absolute atomic E-state index is 0.0226.